The molecule has 3 nitrogen and oxygen atoms in total. The van der Waals surface area contributed by atoms with Crippen LogP contribution in [0.15, 0.2) is 18.2 Å². The van der Waals surface area contributed by atoms with Gasteiger partial charge in [0.05, 0.1) is 12.2 Å². The van der Waals surface area contributed by atoms with Crippen LogP contribution in [0.25, 0.3) is 0 Å². The fourth-order valence-electron chi connectivity index (χ4n) is 1.29. The summed E-state index contributed by atoms with van der Waals surface area (Å²) in [5, 5.41) is 8.53. The second kappa shape index (κ2) is 5.77. The van der Waals surface area contributed by atoms with Crippen molar-refractivity contribution in [3.05, 3.63) is 23.8 Å². The maximum Gasteiger partial charge on any atom is 0.420 e. The van der Waals surface area contributed by atoms with Crippen molar-refractivity contribution in [2.75, 3.05) is 18.9 Å². The first-order valence-corrected chi connectivity index (χ1v) is 5.15. The number of aliphatic hydroxyl groups is 1. The highest BCUT2D eigenvalue weighted by Crippen LogP contribution is 2.37. The Morgan fingerprint density at radius 2 is 1.94 bits per heavy atom. The zero-order valence-corrected chi connectivity index (χ0v) is 9.13. The van der Waals surface area contributed by atoms with Gasteiger partial charge in [0, 0.05) is 12.3 Å². The highest BCUT2D eigenvalue weighted by atomic mass is 19.4. The van der Waals surface area contributed by atoms with E-state index in [1.54, 1.807) is 0 Å². The van der Waals surface area contributed by atoms with Crippen molar-refractivity contribution in [3.63, 3.8) is 0 Å². The number of anilines is 1. The van der Waals surface area contributed by atoms with Gasteiger partial charge in [0.25, 0.3) is 0 Å². The predicted molar refractivity (Wildman–Crippen MR) is 57.7 cm³/mol. The molecule has 1 aromatic rings. The van der Waals surface area contributed by atoms with Gasteiger partial charge in [0.15, 0.2) is 0 Å². The number of benzene rings is 1. The molecule has 1 rings (SSSR count). The van der Waals surface area contributed by atoms with Crippen LogP contribution in [-0.4, -0.2) is 18.3 Å². The van der Waals surface area contributed by atoms with E-state index in [-0.39, 0.29) is 24.7 Å². The largest absolute Gasteiger partial charge is 0.493 e. The topological polar surface area (TPSA) is 55.5 Å². The van der Waals surface area contributed by atoms with E-state index >= 15 is 0 Å². The summed E-state index contributed by atoms with van der Waals surface area (Å²) in [6.07, 6.45) is -3.49. The van der Waals surface area contributed by atoms with Crippen molar-refractivity contribution in [3.8, 4) is 5.75 Å². The van der Waals surface area contributed by atoms with Gasteiger partial charge in [0.2, 0.25) is 0 Å². The number of rotatable bonds is 5. The smallest absolute Gasteiger partial charge is 0.420 e. The lowest BCUT2D eigenvalue weighted by Gasteiger charge is -2.14. The van der Waals surface area contributed by atoms with Gasteiger partial charge < -0.3 is 15.6 Å². The summed E-state index contributed by atoms with van der Waals surface area (Å²) in [5.74, 6) is -0.232. The van der Waals surface area contributed by atoms with E-state index < -0.39 is 11.7 Å². The third-order valence-corrected chi connectivity index (χ3v) is 2.12. The molecule has 6 heteroatoms. The first kappa shape index (κ1) is 13.6. The van der Waals surface area contributed by atoms with Crippen LogP contribution in [0.5, 0.6) is 5.75 Å². The molecule has 0 aliphatic heterocycles. The minimum atomic E-state index is -4.48. The molecule has 0 amide bonds. The van der Waals surface area contributed by atoms with Crippen molar-refractivity contribution in [1.82, 2.24) is 0 Å². The van der Waals surface area contributed by atoms with Crippen LogP contribution in [0, 0.1) is 0 Å². The van der Waals surface area contributed by atoms with Gasteiger partial charge in [-0.2, -0.15) is 13.2 Å². The minimum Gasteiger partial charge on any atom is -0.493 e. The normalized spacial score (nSPS) is 11.5. The Hall–Kier alpha value is -1.43. The van der Waals surface area contributed by atoms with Gasteiger partial charge in [-0.05, 0) is 31.0 Å². The molecule has 96 valence electrons. The molecule has 0 atom stereocenters. The average Bonchev–Trinajstić information content (AvgIpc) is 2.25. The molecule has 0 fully saturated rings. The molecule has 0 bridgehead atoms. The Kier molecular flexibility index (Phi) is 4.62. The van der Waals surface area contributed by atoms with Crippen LogP contribution in [0.4, 0.5) is 18.9 Å². The first-order valence-electron chi connectivity index (χ1n) is 5.15. The number of ether oxygens (including phenoxy) is 1. The fourth-order valence-corrected chi connectivity index (χ4v) is 1.29. The Morgan fingerprint density at radius 3 is 2.53 bits per heavy atom. The molecule has 0 aromatic heterocycles. The maximum atomic E-state index is 12.6. The van der Waals surface area contributed by atoms with Gasteiger partial charge in [-0.3, -0.25) is 0 Å². The summed E-state index contributed by atoms with van der Waals surface area (Å²) < 4.78 is 42.9. The van der Waals surface area contributed by atoms with Crippen LogP contribution in [0.1, 0.15) is 18.4 Å². The van der Waals surface area contributed by atoms with Crippen LogP contribution < -0.4 is 10.5 Å². The Balaban J connectivity index is 2.77. The molecular weight excluding hydrogens is 235 g/mol. The third-order valence-electron chi connectivity index (χ3n) is 2.12. The van der Waals surface area contributed by atoms with E-state index in [0.29, 0.717) is 12.8 Å². The highest BCUT2D eigenvalue weighted by molar-refractivity contribution is 5.49. The van der Waals surface area contributed by atoms with Gasteiger partial charge in [-0.25, -0.2) is 0 Å². The van der Waals surface area contributed by atoms with Crippen LogP contribution in [0.3, 0.4) is 0 Å². The van der Waals surface area contributed by atoms with Crippen molar-refractivity contribution in [1.29, 1.82) is 0 Å². The van der Waals surface area contributed by atoms with E-state index in [1.165, 1.54) is 12.1 Å². The molecule has 0 aliphatic rings. The molecule has 0 unspecified atom stereocenters. The Bertz CT molecular complexity index is 366. The SMILES string of the molecule is Nc1ccc(OCCCCO)c(C(F)(F)F)c1. The number of unbranched alkanes of at least 4 members (excludes halogenated alkanes) is 1. The molecule has 3 N–H and O–H groups in total. The monoisotopic (exact) mass is 249 g/mol. The van der Waals surface area contributed by atoms with Gasteiger partial charge in [-0.15, -0.1) is 0 Å². The summed E-state index contributed by atoms with van der Waals surface area (Å²) in [5.41, 5.74) is 4.48. The number of alkyl halides is 3. The lowest BCUT2D eigenvalue weighted by atomic mass is 10.1. The van der Waals surface area contributed by atoms with E-state index in [0.717, 1.165) is 6.07 Å². The third kappa shape index (κ3) is 4.14. The number of hydrogen-bond donors (Lipinski definition) is 2. The van der Waals surface area contributed by atoms with Crippen LogP contribution in [-0.2, 0) is 6.18 Å². The van der Waals surface area contributed by atoms with Crippen LogP contribution >= 0.6 is 0 Å². The van der Waals surface area contributed by atoms with Crippen molar-refractivity contribution in [2.24, 2.45) is 0 Å². The van der Waals surface area contributed by atoms with Gasteiger partial charge >= 0.3 is 6.18 Å². The standard InChI is InChI=1S/C11H14F3NO2/c12-11(13,14)9-7-8(15)3-4-10(9)17-6-2-1-5-16/h3-4,7,16H,1-2,5-6,15H2. The lowest BCUT2D eigenvalue weighted by Crippen LogP contribution is -2.10. The molecule has 0 saturated heterocycles. The second-order valence-electron chi connectivity index (χ2n) is 3.53. The van der Waals surface area contributed by atoms with Crippen molar-refractivity contribution < 1.29 is 23.0 Å². The number of nitrogens with two attached hydrogens (primary N) is 1. The number of halogens is 3. The fraction of sp³-hybridized carbons (Fsp3) is 0.455. The van der Waals surface area contributed by atoms with E-state index in [1.807, 2.05) is 0 Å². The molecule has 0 saturated carbocycles. The Labute approximate surface area is 97.0 Å². The maximum absolute atomic E-state index is 12.6. The van der Waals surface area contributed by atoms with Crippen molar-refractivity contribution >= 4 is 5.69 Å². The molecular formula is C11H14F3NO2. The lowest BCUT2D eigenvalue weighted by molar-refractivity contribution is -0.138. The molecule has 0 radical (unpaired) electrons. The molecule has 1 aromatic carbocycles. The zero-order chi connectivity index (χ0) is 12.9. The van der Waals surface area contributed by atoms with Gasteiger partial charge in [0.1, 0.15) is 5.75 Å². The Morgan fingerprint density at radius 1 is 1.24 bits per heavy atom. The van der Waals surface area contributed by atoms with Gasteiger partial charge in [-0.1, -0.05) is 0 Å². The minimum absolute atomic E-state index is 0.00275. The molecule has 17 heavy (non-hydrogen) atoms. The summed E-state index contributed by atoms with van der Waals surface area (Å²) in [6, 6.07) is 3.41. The quantitative estimate of drug-likeness (QED) is 0.622. The molecule has 0 heterocycles. The van der Waals surface area contributed by atoms with E-state index in [9.17, 15) is 13.2 Å². The summed E-state index contributed by atoms with van der Waals surface area (Å²) in [4.78, 5) is 0. The summed E-state index contributed by atoms with van der Waals surface area (Å²) in [6.45, 7) is 0.130. The first-order chi connectivity index (χ1) is 7.95. The van der Waals surface area contributed by atoms with Crippen LogP contribution in [0.2, 0.25) is 0 Å². The summed E-state index contributed by atoms with van der Waals surface area (Å²) >= 11 is 0. The van der Waals surface area contributed by atoms with Crippen molar-refractivity contribution in [2.45, 2.75) is 19.0 Å². The molecule has 0 spiro atoms. The van der Waals surface area contributed by atoms with E-state index in [4.69, 9.17) is 15.6 Å². The summed E-state index contributed by atoms with van der Waals surface area (Å²) in [7, 11) is 0. The number of aliphatic hydroxyl groups excluding tert-OH is 1. The average molecular weight is 249 g/mol. The predicted octanol–water partition coefficient (Wildman–Crippen LogP) is 2.44. The zero-order valence-electron chi connectivity index (χ0n) is 9.13. The van der Waals surface area contributed by atoms with E-state index in [2.05, 4.69) is 0 Å². The highest BCUT2D eigenvalue weighted by Gasteiger charge is 2.34. The number of hydrogen-bond acceptors (Lipinski definition) is 3. The molecule has 0 aliphatic carbocycles. The number of nitrogen functional groups attached to an aromatic ring is 1. The second-order valence-corrected chi connectivity index (χ2v) is 3.53.